The molecular weight excluding hydrogens is 602 g/mol. The molecule has 0 saturated carbocycles. The van der Waals surface area contributed by atoms with Crippen LogP contribution in [0, 0.1) is 13.8 Å². The molecule has 1 fully saturated rings. The number of carbonyl (C=O) groups is 2. The first kappa shape index (κ1) is 34.1. The standard InChI is InChI=1S/C24H30N4S.2C2HF3O2/c1-18-4-7-20(8-5-18)22-16-25-23-24(26(3)14-15-28(22)23)10-12-27(13-11-24)17-21-9-6-19(2)29-21;2*3-2(4,5)1(6)7/h4-9,16H,10-15,17H2,1-3H3;2*(H,6,7). The summed E-state index contributed by atoms with van der Waals surface area (Å²) in [6, 6.07) is 13.4. The Morgan fingerprint density at radius 1 is 0.884 bits per heavy atom. The minimum atomic E-state index is -5.08. The van der Waals surface area contributed by atoms with Gasteiger partial charge < -0.3 is 14.8 Å². The highest BCUT2D eigenvalue weighted by atomic mass is 32.1. The van der Waals surface area contributed by atoms with Crippen molar-refractivity contribution in [2.45, 2.75) is 57.7 Å². The number of halogens is 6. The number of carboxylic acids is 2. The first-order valence-corrected chi connectivity index (χ1v) is 14.0. The van der Waals surface area contributed by atoms with Crippen LogP contribution in [0.5, 0.6) is 0 Å². The van der Waals surface area contributed by atoms with Gasteiger partial charge in [-0.2, -0.15) is 26.3 Å². The number of aliphatic carboxylic acids is 2. The number of benzene rings is 1. The Labute approximate surface area is 248 Å². The van der Waals surface area contributed by atoms with Crippen LogP contribution in [0.3, 0.4) is 0 Å². The lowest BCUT2D eigenvalue weighted by molar-refractivity contribution is -0.193. The summed E-state index contributed by atoms with van der Waals surface area (Å²) in [6.07, 6.45) is -5.77. The summed E-state index contributed by atoms with van der Waals surface area (Å²) in [7, 11) is 2.29. The lowest BCUT2D eigenvalue weighted by Crippen LogP contribution is -2.56. The van der Waals surface area contributed by atoms with Crippen molar-refractivity contribution in [3.63, 3.8) is 0 Å². The second-order valence-electron chi connectivity index (χ2n) is 10.3. The van der Waals surface area contributed by atoms with Crippen LogP contribution in [0.15, 0.2) is 42.6 Å². The number of carboxylic acid groups (broad SMARTS) is 2. The number of aromatic nitrogens is 2. The maximum absolute atomic E-state index is 10.6. The van der Waals surface area contributed by atoms with E-state index in [0.29, 0.717) is 0 Å². The summed E-state index contributed by atoms with van der Waals surface area (Å²) >= 11 is 1.93. The topological polar surface area (TPSA) is 98.9 Å². The quantitative estimate of drug-likeness (QED) is 0.345. The lowest BCUT2D eigenvalue weighted by Gasteiger charge is -2.49. The van der Waals surface area contributed by atoms with E-state index in [2.05, 4.69) is 77.9 Å². The van der Waals surface area contributed by atoms with Crippen LogP contribution in [0.2, 0.25) is 0 Å². The second-order valence-corrected chi connectivity index (χ2v) is 11.7. The van der Waals surface area contributed by atoms with Gasteiger partial charge in [0.05, 0.1) is 17.4 Å². The van der Waals surface area contributed by atoms with Crippen LogP contribution in [0.25, 0.3) is 11.3 Å². The summed E-state index contributed by atoms with van der Waals surface area (Å²) < 4.78 is 66.0. The zero-order chi connectivity index (χ0) is 32.2. The molecule has 5 rings (SSSR count). The van der Waals surface area contributed by atoms with Crippen LogP contribution < -0.4 is 0 Å². The van der Waals surface area contributed by atoms with E-state index in [4.69, 9.17) is 24.8 Å². The number of fused-ring (bicyclic) bond motifs is 2. The summed E-state index contributed by atoms with van der Waals surface area (Å²) in [6.45, 7) is 9.80. The van der Waals surface area contributed by atoms with Crippen molar-refractivity contribution in [1.82, 2.24) is 19.4 Å². The van der Waals surface area contributed by atoms with Crippen molar-refractivity contribution in [3.05, 3.63) is 63.7 Å². The SMILES string of the molecule is Cc1ccc(-c2cnc3n2CCN(C)C32CCN(Cc3ccc(C)s3)CC2)cc1.O=C(O)C(F)(F)F.O=C(O)C(F)(F)F. The Hall–Kier alpha value is -3.43. The molecule has 0 bridgehead atoms. The largest absolute Gasteiger partial charge is 0.490 e. The number of hydrogen-bond acceptors (Lipinski definition) is 6. The van der Waals surface area contributed by atoms with Crippen molar-refractivity contribution < 1.29 is 46.1 Å². The number of nitrogens with zero attached hydrogens (tertiary/aromatic N) is 4. The maximum atomic E-state index is 10.6. The van der Waals surface area contributed by atoms with Gasteiger partial charge in [-0.1, -0.05) is 29.8 Å². The van der Waals surface area contributed by atoms with Crippen LogP contribution in [0.1, 0.15) is 34.0 Å². The highest BCUT2D eigenvalue weighted by Crippen LogP contribution is 2.42. The molecule has 2 aromatic heterocycles. The molecule has 3 aromatic rings. The second kappa shape index (κ2) is 13.5. The number of piperidine rings is 1. The summed E-state index contributed by atoms with van der Waals surface area (Å²) in [5.41, 5.74) is 3.92. The Kier molecular flexibility index (Phi) is 10.7. The van der Waals surface area contributed by atoms with Crippen LogP contribution in [-0.2, 0) is 28.2 Å². The molecule has 0 amide bonds. The third-order valence-corrected chi connectivity index (χ3v) is 8.34. The first-order chi connectivity index (χ1) is 19.9. The third kappa shape index (κ3) is 8.57. The highest BCUT2D eigenvalue weighted by molar-refractivity contribution is 7.11. The third-order valence-electron chi connectivity index (χ3n) is 7.35. The molecule has 0 unspecified atom stereocenters. The molecule has 2 aliphatic rings. The van der Waals surface area contributed by atoms with E-state index in [1.165, 1.54) is 32.4 Å². The van der Waals surface area contributed by atoms with Gasteiger partial charge in [-0.3, -0.25) is 9.80 Å². The highest BCUT2D eigenvalue weighted by Gasteiger charge is 2.45. The number of thiophene rings is 1. The molecule has 0 radical (unpaired) electrons. The molecule has 2 N–H and O–H groups in total. The number of likely N-dealkylation sites (N-methyl/N-ethyl adjacent to an activating group) is 1. The molecule has 1 spiro atoms. The van der Waals surface area contributed by atoms with E-state index in [1.807, 2.05) is 11.3 Å². The number of likely N-dealkylation sites (tertiary alicyclic amines) is 1. The fourth-order valence-corrected chi connectivity index (χ4v) is 5.97. The molecule has 4 heterocycles. The molecule has 0 aliphatic carbocycles. The molecular formula is C28H32F6N4O4S. The van der Waals surface area contributed by atoms with Gasteiger partial charge in [0.1, 0.15) is 5.82 Å². The van der Waals surface area contributed by atoms with Gasteiger partial charge in [-0.15, -0.1) is 11.3 Å². The van der Waals surface area contributed by atoms with Crippen molar-refractivity contribution >= 4 is 23.3 Å². The average Bonchev–Trinajstić information content (AvgIpc) is 3.54. The van der Waals surface area contributed by atoms with Crippen molar-refractivity contribution in [1.29, 1.82) is 0 Å². The van der Waals surface area contributed by atoms with E-state index in [1.54, 1.807) is 0 Å². The fourth-order valence-electron chi connectivity index (χ4n) is 5.04. The molecule has 0 atom stereocenters. The summed E-state index contributed by atoms with van der Waals surface area (Å²) in [5, 5.41) is 14.2. The van der Waals surface area contributed by atoms with Crippen molar-refractivity contribution in [2.75, 3.05) is 26.7 Å². The average molecular weight is 635 g/mol. The van der Waals surface area contributed by atoms with Gasteiger partial charge in [-0.05, 0) is 51.4 Å². The van der Waals surface area contributed by atoms with Crippen molar-refractivity contribution in [3.8, 4) is 11.3 Å². The Balaban J connectivity index is 0.000000303. The predicted molar refractivity (Wildman–Crippen MR) is 148 cm³/mol. The van der Waals surface area contributed by atoms with Gasteiger partial charge in [0.15, 0.2) is 0 Å². The first-order valence-electron chi connectivity index (χ1n) is 13.2. The molecule has 1 aromatic carbocycles. The van der Waals surface area contributed by atoms with Crippen LogP contribution in [-0.4, -0.2) is 80.5 Å². The molecule has 1 saturated heterocycles. The van der Waals surface area contributed by atoms with Crippen LogP contribution in [0.4, 0.5) is 26.3 Å². The molecule has 236 valence electrons. The van der Waals surface area contributed by atoms with E-state index >= 15 is 0 Å². The summed E-state index contributed by atoms with van der Waals surface area (Å²) in [5.74, 6) is -4.24. The number of rotatable bonds is 3. The Bertz CT molecular complexity index is 1370. The fraction of sp³-hybridized carbons (Fsp3) is 0.464. The zero-order valence-electron chi connectivity index (χ0n) is 23.7. The number of imidazole rings is 1. The zero-order valence-corrected chi connectivity index (χ0v) is 24.5. The number of hydrogen-bond donors (Lipinski definition) is 2. The normalized spacial score (nSPS) is 16.9. The monoisotopic (exact) mass is 634 g/mol. The minimum Gasteiger partial charge on any atom is -0.475 e. The van der Waals surface area contributed by atoms with E-state index in [-0.39, 0.29) is 5.54 Å². The van der Waals surface area contributed by atoms with E-state index in [0.717, 1.165) is 45.6 Å². The maximum Gasteiger partial charge on any atom is 0.490 e. The number of alkyl halides is 6. The Morgan fingerprint density at radius 2 is 1.42 bits per heavy atom. The van der Waals surface area contributed by atoms with Gasteiger partial charge in [-0.25, -0.2) is 14.6 Å². The minimum absolute atomic E-state index is 0.0725. The van der Waals surface area contributed by atoms with Gasteiger partial charge >= 0.3 is 24.3 Å². The predicted octanol–water partition coefficient (Wildman–Crippen LogP) is 5.93. The molecule has 8 nitrogen and oxygen atoms in total. The van der Waals surface area contributed by atoms with Gasteiger partial charge in [0.2, 0.25) is 0 Å². The van der Waals surface area contributed by atoms with Gasteiger partial charge in [0, 0.05) is 42.5 Å². The Morgan fingerprint density at radius 3 is 1.88 bits per heavy atom. The lowest BCUT2D eigenvalue weighted by atomic mass is 9.83. The smallest absolute Gasteiger partial charge is 0.475 e. The van der Waals surface area contributed by atoms with E-state index in [9.17, 15) is 26.3 Å². The molecule has 15 heteroatoms. The molecule has 2 aliphatic heterocycles. The number of aryl methyl sites for hydroxylation is 2. The van der Waals surface area contributed by atoms with Crippen molar-refractivity contribution in [2.24, 2.45) is 0 Å². The van der Waals surface area contributed by atoms with E-state index < -0.39 is 24.3 Å². The molecule has 43 heavy (non-hydrogen) atoms. The van der Waals surface area contributed by atoms with Crippen LogP contribution >= 0.6 is 11.3 Å². The van der Waals surface area contributed by atoms with Gasteiger partial charge in [0.25, 0.3) is 0 Å². The summed E-state index contributed by atoms with van der Waals surface area (Å²) in [4.78, 5) is 30.9.